The monoisotopic (exact) mass is 362 g/mol. The van der Waals surface area contributed by atoms with E-state index in [0.29, 0.717) is 6.61 Å². The Morgan fingerprint density at radius 2 is 1.89 bits per heavy atom. The lowest BCUT2D eigenvalue weighted by Crippen LogP contribution is -2.20. The molecule has 138 valence electrons. The minimum Gasteiger partial charge on any atom is -0.497 e. The van der Waals surface area contributed by atoms with Crippen molar-refractivity contribution in [2.24, 2.45) is 0 Å². The van der Waals surface area contributed by atoms with Crippen molar-refractivity contribution in [3.05, 3.63) is 77.4 Å². The first-order valence-corrected chi connectivity index (χ1v) is 9.14. The van der Waals surface area contributed by atoms with E-state index < -0.39 is 0 Å². The Balaban J connectivity index is 1.39. The van der Waals surface area contributed by atoms with Gasteiger partial charge in [-0.2, -0.15) is 0 Å². The standard InChI is InChI=1S/C23H22O4/c1-25-20-9-8-18-12-16(6-7-19(18)13-20)15-27-23(24)14-22-21-5-3-2-4-17(21)10-11-26-22/h2-9,12-13,22H,10-11,14-15H2,1H3. The molecule has 3 aromatic rings. The Hall–Kier alpha value is -2.85. The van der Waals surface area contributed by atoms with Crippen molar-refractivity contribution < 1.29 is 19.0 Å². The maximum absolute atomic E-state index is 12.3. The van der Waals surface area contributed by atoms with Gasteiger partial charge in [0.25, 0.3) is 0 Å². The average molecular weight is 362 g/mol. The van der Waals surface area contributed by atoms with E-state index in [0.717, 1.165) is 34.1 Å². The van der Waals surface area contributed by atoms with E-state index in [1.165, 1.54) is 5.56 Å². The van der Waals surface area contributed by atoms with Crippen LogP contribution in [0.3, 0.4) is 0 Å². The zero-order valence-electron chi connectivity index (χ0n) is 15.3. The minimum atomic E-state index is -0.244. The van der Waals surface area contributed by atoms with Gasteiger partial charge in [-0.05, 0) is 52.1 Å². The molecule has 1 heterocycles. The summed E-state index contributed by atoms with van der Waals surface area (Å²) in [5.74, 6) is 0.584. The highest BCUT2D eigenvalue weighted by atomic mass is 16.5. The molecule has 0 amide bonds. The topological polar surface area (TPSA) is 44.8 Å². The highest BCUT2D eigenvalue weighted by Gasteiger charge is 2.23. The molecular weight excluding hydrogens is 340 g/mol. The SMILES string of the molecule is COc1ccc2cc(COC(=O)CC3OCCc4ccccc43)ccc2c1. The molecular formula is C23H22O4. The molecule has 4 nitrogen and oxygen atoms in total. The van der Waals surface area contributed by atoms with Gasteiger partial charge in [0.1, 0.15) is 12.4 Å². The van der Waals surface area contributed by atoms with Gasteiger partial charge >= 0.3 is 5.97 Å². The molecule has 4 heteroatoms. The number of methoxy groups -OCH3 is 1. The summed E-state index contributed by atoms with van der Waals surface area (Å²) in [6.45, 7) is 0.901. The zero-order chi connectivity index (χ0) is 18.6. The Bertz CT molecular complexity index is 964. The van der Waals surface area contributed by atoms with Crippen molar-refractivity contribution in [1.82, 2.24) is 0 Å². The smallest absolute Gasteiger partial charge is 0.309 e. The quantitative estimate of drug-likeness (QED) is 0.623. The van der Waals surface area contributed by atoms with Gasteiger partial charge < -0.3 is 14.2 Å². The van der Waals surface area contributed by atoms with Crippen molar-refractivity contribution >= 4 is 16.7 Å². The molecule has 0 N–H and O–H groups in total. The lowest BCUT2D eigenvalue weighted by molar-refractivity contribution is -0.148. The van der Waals surface area contributed by atoms with Crippen LogP contribution in [0.25, 0.3) is 10.8 Å². The molecule has 0 fully saturated rings. The fourth-order valence-electron chi connectivity index (χ4n) is 3.51. The molecule has 0 saturated heterocycles. The van der Waals surface area contributed by atoms with Crippen LogP contribution in [0.1, 0.15) is 29.2 Å². The molecule has 4 rings (SSSR count). The van der Waals surface area contributed by atoms with Gasteiger partial charge in [-0.15, -0.1) is 0 Å². The second kappa shape index (κ2) is 7.80. The number of hydrogen-bond acceptors (Lipinski definition) is 4. The molecule has 3 aromatic carbocycles. The number of rotatable bonds is 5. The first kappa shape index (κ1) is 17.6. The second-order valence-corrected chi connectivity index (χ2v) is 6.72. The summed E-state index contributed by atoms with van der Waals surface area (Å²) < 4.78 is 16.5. The number of carbonyl (C=O) groups excluding carboxylic acids is 1. The van der Waals surface area contributed by atoms with Gasteiger partial charge in [0, 0.05) is 0 Å². The van der Waals surface area contributed by atoms with Gasteiger partial charge in [0.05, 0.1) is 26.2 Å². The summed E-state index contributed by atoms with van der Waals surface area (Å²) in [5.41, 5.74) is 3.32. The van der Waals surface area contributed by atoms with Crippen molar-refractivity contribution in [3.8, 4) is 5.75 Å². The zero-order valence-corrected chi connectivity index (χ0v) is 15.3. The molecule has 27 heavy (non-hydrogen) atoms. The van der Waals surface area contributed by atoms with Crippen molar-refractivity contribution in [2.45, 2.75) is 25.6 Å². The molecule has 0 aromatic heterocycles. The lowest BCUT2D eigenvalue weighted by atomic mass is 9.96. The third-order valence-corrected chi connectivity index (χ3v) is 4.96. The van der Waals surface area contributed by atoms with Gasteiger partial charge in [-0.25, -0.2) is 0 Å². The van der Waals surface area contributed by atoms with Crippen LogP contribution in [0, 0.1) is 0 Å². The first-order valence-electron chi connectivity index (χ1n) is 9.14. The summed E-state index contributed by atoms with van der Waals surface area (Å²) in [4.78, 5) is 12.3. The van der Waals surface area contributed by atoms with Crippen LogP contribution in [0.15, 0.2) is 60.7 Å². The van der Waals surface area contributed by atoms with Gasteiger partial charge in [0.2, 0.25) is 0 Å². The van der Waals surface area contributed by atoms with Gasteiger partial charge in [-0.3, -0.25) is 4.79 Å². The van der Waals surface area contributed by atoms with Crippen molar-refractivity contribution in [2.75, 3.05) is 13.7 Å². The summed E-state index contributed by atoms with van der Waals surface area (Å²) >= 11 is 0. The van der Waals surface area contributed by atoms with Crippen molar-refractivity contribution in [3.63, 3.8) is 0 Å². The molecule has 1 unspecified atom stereocenters. The van der Waals surface area contributed by atoms with Crippen molar-refractivity contribution in [1.29, 1.82) is 0 Å². The number of ether oxygens (including phenoxy) is 3. The predicted molar refractivity (Wildman–Crippen MR) is 104 cm³/mol. The highest BCUT2D eigenvalue weighted by molar-refractivity contribution is 5.84. The Morgan fingerprint density at radius 3 is 2.78 bits per heavy atom. The Labute approximate surface area is 158 Å². The molecule has 0 bridgehead atoms. The maximum atomic E-state index is 12.3. The second-order valence-electron chi connectivity index (χ2n) is 6.72. The van der Waals surface area contributed by atoms with E-state index in [1.54, 1.807) is 7.11 Å². The normalized spacial score (nSPS) is 16.0. The highest BCUT2D eigenvalue weighted by Crippen LogP contribution is 2.30. The number of esters is 1. The number of hydrogen-bond donors (Lipinski definition) is 0. The first-order chi connectivity index (χ1) is 13.2. The third kappa shape index (κ3) is 3.96. The van der Waals surface area contributed by atoms with Crippen LogP contribution < -0.4 is 4.74 Å². The fourth-order valence-corrected chi connectivity index (χ4v) is 3.51. The Kier molecular flexibility index (Phi) is 5.07. The van der Waals surface area contributed by atoms with Crippen LogP contribution in [0.5, 0.6) is 5.75 Å². The largest absolute Gasteiger partial charge is 0.497 e. The number of benzene rings is 3. The summed E-state index contributed by atoms with van der Waals surface area (Å²) in [6.07, 6.45) is 0.914. The van der Waals surface area contributed by atoms with E-state index in [4.69, 9.17) is 14.2 Å². The lowest BCUT2D eigenvalue weighted by Gasteiger charge is -2.25. The summed E-state index contributed by atoms with van der Waals surface area (Å²) in [5, 5.41) is 2.19. The predicted octanol–water partition coefficient (Wildman–Crippen LogP) is 4.60. The molecule has 0 spiro atoms. The molecule has 1 atom stereocenters. The van der Waals surface area contributed by atoms with Crippen LogP contribution in [0.4, 0.5) is 0 Å². The average Bonchev–Trinajstić information content (AvgIpc) is 2.72. The van der Waals surface area contributed by atoms with Crippen LogP contribution >= 0.6 is 0 Å². The summed E-state index contributed by atoms with van der Waals surface area (Å²) in [6, 6.07) is 20.1. The molecule has 0 radical (unpaired) electrons. The molecule has 1 aliphatic rings. The van der Waals surface area contributed by atoms with E-state index in [1.807, 2.05) is 54.6 Å². The molecule has 0 aliphatic carbocycles. The van der Waals surface area contributed by atoms with Crippen LogP contribution in [0.2, 0.25) is 0 Å². The van der Waals surface area contributed by atoms with Crippen LogP contribution in [-0.2, 0) is 27.3 Å². The molecule has 1 aliphatic heterocycles. The van der Waals surface area contributed by atoms with E-state index in [-0.39, 0.29) is 25.1 Å². The third-order valence-electron chi connectivity index (χ3n) is 4.96. The van der Waals surface area contributed by atoms with Gasteiger partial charge in [-0.1, -0.05) is 42.5 Å². The number of carbonyl (C=O) groups is 1. The van der Waals surface area contributed by atoms with Gasteiger partial charge in [0.15, 0.2) is 0 Å². The Morgan fingerprint density at radius 1 is 1.07 bits per heavy atom. The minimum absolute atomic E-state index is 0.216. The van der Waals surface area contributed by atoms with E-state index in [9.17, 15) is 4.79 Å². The van der Waals surface area contributed by atoms with E-state index in [2.05, 4.69) is 6.07 Å². The summed E-state index contributed by atoms with van der Waals surface area (Å²) in [7, 11) is 1.66. The number of fused-ring (bicyclic) bond motifs is 2. The van der Waals surface area contributed by atoms with Crippen LogP contribution in [-0.4, -0.2) is 19.7 Å². The maximum Gasteiger partial charge on any atom is 0.309 e. The fraction of sp³-hybridized carbons (Fsp3) is 0.261. The molecule has 0 saturated carbocycles. The van der Waals surface area contributed by atoms with E-state index >= 15 is 0 Å².